The van der Waals surface area contributed by atoms with Crippen LogP contribution < -0.4 is 10.6 Å². The van der Waals surface area contributed by atoms with Crippen LogP contribution in [0.25, 0.3) is 5.78 Å². The molecular weight excluding hydrogens is 378 g/mol. The molecule has 1 aromatic carbocycles. The number of aryl methyl sites for hydroxylation is 1. The van der Waals surface area contributed by atoms with Crippen LogP contribution >= 0.6 is 15.9 Å². The van der Waals surface area contributed by atoms with E-state index < -0.39 is 4.92 Å². The number of nitro groups is 1. The van der Waals surface area contributed by atoms with E-state index in [1.807, 2.05) is 13.0 Å². The maximum absolute atomic E-state index is 10.7. The smallest absolute Gasteiger partial charge is 0.270 e. The van der Waals surface area contributed by atoms with Crippen molar-refractivity contribution in [3.63, 3.8) is 0 Å². The van der Waals surface area contributed by atoms with Crippen molar-refractivity contribution in [3.05, 3.63) is 50.9 Å². The van der Waals surface area contributed by atoms with Gasteiger partial charge >= 0.3 is 0 Å². The predicted molar refractivity (Wildman–Crippen MR) is 93.3 cm³/mol. The summed E-state index contributed by atoms with van der Waals surface area (Å²) in [5, 5.41) is 21.3. The molecule has 0 atom stereocenters. The molecule has 0 bridgehead atoms. The van der Waals surface area contributed by atoms with Gasteiger partial charge in [-0.15, -0.1) is 0 Å². The van der Waals surface area contributed by atoms with Crippen LogP contribution in [0.1, 0.15) is 5.69 Å². The molecule has 0 unspecified atom stereocenters. The van der Waals surface area contributed by atoms with E-state index in [-0.39, 0.29) is 5.69 Å². The van der Waals surface area contributed by atoms with E-state index in [0.29, 0.717) is 23.3 Å². The highest BCUT2D eigenvalue weighted by atomic mass is 79.9. The van der Waals surface area contributed by atoms with Crippen LogP contribution in [0.2, 0.25) is 0 Å². The van der Waals surface area contributed by atoms with E-state index in [0.717, 1.165) is 17.2 Å². The standard InChI is InChI=1S/C14H14BrN7O2/c1-9-6-13(21-14(20-9)18-8-19-21)17-5-4-16-12-3-2-10(22(23)24)7-11(12)15/h2-3,6-8,16-17H,4-5H2,1H3. The summed E-state index contributed by atoms with van der Waals surface area (Å²) in [6.07, 6.45) is 1.46. The van der Waals surface area contributed by atoms with Gasteiger partial charge in [0.25, 0.3) is 11.5 Å². The maximum atomic E-state index is 10.7. The largest absolute Gasteiger partial charge is 0.382 e. The minimum absolute atomic E-state index is 0.0476. The van der Waals surface area contributed by atoms with Gasteiger partial charge in [-0.05, 0) is 28.9 Å². The summed E-state index contributed by atoms with van der Waals surface area (Å²) in [5.74, 6) is 1.35. The lowest BCUT2D eigenvalue weighted by Gasteiger charge is -2.11. The average Bonchev–Trinajstić information content (AvgIpc) is 3.00. The third kappa shape index (κ3) is 3.43. The molecule has 9 nitrogen and oxygen atoms in total. The van der Waals surface area contributed by atoms with Gasteiger partial charge in [-0.25, -0.2) is 4.98 Å². The van der Waals surface area contributed by atoms with Crippen molar-refractivity contribution in [1.29, 1.82) is 0 Å². The van der Waals surface area contributed by atoms with E-state index in [2.05, 4.69) is 41.6 Å². The SMILES string of the molecule is Cc1cc(NCCNc2ccc([N+](=O)[O-])cc2Br)n2ncnc2n1. The Balaban J connectivity index is 1.61. The first kappa shape index (κ1) is 16.1. The second-order valence-corrected chi connectivity index (χ2v) is 5.88. The molecule has 124 valence electrons. The maximum Gasteiger partial charge on any atom is 0.270 e. The summed E-state index contributed by atoms with van der Waals surface area (Å²) < 4.78 is 2.28. The molecule has 3 aromatic rings. The Kier molecular flexibility index (Phi) is 4.56. The molecule has 0 spiro atoms. The van der Waals surface area contributed by atoms with Gasteiger partial charge in [-0.1, -0.05) is 0 Å². The summed E-state index contributed by atoms with van der Waals surface area (Å²) in [4.78, 5) is 18.7. The van der Waals surface area contributed by atoms with Crippen LogP contribution in [-0.4, -0.2) is 37.6 Å². The third-order valence-corrected chi connectivity index (χ3v) is 3.95. The van der Waals surface area contributed by atoms with Gasteiger partial charge in [-0.2, -0.15) is 14.6 Å². The van der Waals surface area contributed by atoms with Crippen LogP contribution in [0.15, 0.2) is 35.1 Å². The zero-order valence-corrected chi connectivity index (χ0v) is 14.3. The first-order valence-corrected chi connectivity index (χ1v) is 7.93. The summed E-state index contributed by atoms with van der Waals surface area (Å²) in [6, 6.07) is 6.50. The van der Waals surface area contributed by atoms with Crippen LogP contribution in [0, 0.1) is 17.0 Å². The van der Waals surface area contributed by atoms with E-state index in [1.165, 1.54) is 18.5 Å². The molecule has 0 radical (unpaired) electrons. The number of fused-ring (bicyclic) bond motifs is 1. The number of halogens is 1. The topological polar surface area (TPSA) is 110 Å². The molecule has 0 aliphatic carbocycles. The van der Waals surface area contributed by atoms with Crippen molar-refractivity contribution in [2.24, 2.45) is 0 Å². The molecule has 0 fully saturated rings. The normalized spacial score (nSPS) is 10.8. The quantitative estimate of drug-likeness (QED) is 0.377. The summed E-state index contributed by atoms with van der Waals surface area (Å²) in [7, 11) is 0. The number of nitro benzene ring substituents is 1. The lowest BCUT2D eigenvalue weighted by molar-refractivity contribution is -0.384. The second kappa shape index (κ2) is 6.79. The third-order valence-electron chi connectivity index (χ3n) is 3.29. The van der Waals surface area contributed by atoms with Gasteiger partial charge < -0.3 is 10.6 Å². The van der Waals surface area contributed by atoms with E-state index >= 15 is 0 Å². The van der Waals surface area contributed by atoms with Crippen molar-refractivity contribution in [2.75, 3.05) is 23.7 Å². The fourth-order valence-electron chi connectivity index (χ4n) is 2.21. The lowest BCUT2D eigenvalue weighted by atomic mass is 10.3. The molecule has 0 amide bonds. The number of aromatic nitrogens is 4. The minimum atomic E-state index is -0.425. The fraction of sp³-hybridized carbons (Fsp3) is 0.214. The molecule has 24 heavy (non-hydrogen) atoms. The first-order valence-electron chi connectivity index (χ1n) is 7.13. The fourth-order valence-corrected chi connectivity index (χ4v) is 2.71. The Morgan fingerprint density at radius 2 is 2.08 bits per heavy atom. The van der Waals surface area contributed by atoms with E-state index in [4.69, 9.17) is 0 Å². The molecule has 10 heteroatoms. The molecule has 2 N–H and O–H groups in total. The van der Waals surface area contributed by atoms with Crippen molar-refractivity contribution in [2.45, 2.75) is 6.92 Å². The number of benzene rings is 1. The Bertz CT molecular complexity index is 896. The highest BCUT2D eigenvalue weighted by Crippen LogP contribution is 2.26. The van der Waals surface area contributed by atoms with Crippen molar-refractivity contribution < 1.29 is 4.92 Å². The highest BCUT2D eigenvalue weighted by molar-refractivity contribution is 9.10. The molecule has 0 aliphatic rings. The van der Waals surface area contributed by atoms with Gasteiger partial charge in [-0.3, -0.25) is 10.1 Å². The van der Waals surface area contributed by atoms with Gasteiger partial charge in [0.1, 0.15) is 12.1 Å². The highest BCUT2D eigenvalue weighted by Gasteiger charge is 2.09. The van der Waals surface area contributed by atoms with Crippen molar-refractivity contribution in [1.82, 2.24) is 19.6 Å². The van der Waals surface area contributed by atoms with Crippen LogP contribution in [0.5, 0.6) is 0 Å². The lowest BCUT2D eigenvalue weighted by Crippen LogP contribution is -2.16. The Hall–Kier alpha value is -2.75. The monoisotopic (exact) mass is 391 g/mol. The Morgan fingerprint density at radius 1 is 1.29 bits per heavy atom. The Labute approximate surface area is 145 Å². The van der Waals surface area contributed by atoms with Crippen molar-refractivity contribution in [3.8, 4) is 0 Å². The van der Waals surface area contributed by atoms with Crippen LogP contribution in [-0.2, 0) is 0 Å². The number of hydrogen-bond donors (Lipinski definition) is 2. The average molecular weight is 392 g/mol. The van der Waals surface area contributed by atoms with Gasteiger partial charge in [0.15, 0.2) is 0 Å². The van der Waals surface area contributed by atoms with E-state index in [1.54, 1.807) is 10.6 Å². The first-order chi connectivity index (χ1) is 11.5. The molecule has 0 saturated carbocycles. The number of nitrogens with one attached hydrogen (secondary N) is 2. The summed E-state index contributed by atoms with van der Waals surface area (Å²) in [5.41, 5.74) is 1.69. The second-order valence-electron chi connectivity index (χ2n) is 5.03. The molecule has 2 heterocycles. The van der Waals surface area contributed by atoms with Crippen LogP contribution in [0.4, 0.5) is 17.2 Å². The number of anilines is 2. The van der Waals surface area contributed by atoms with Gasteiger partial charge in [0.05, 0.1) is 4.92 Å². The molecule has 0 saturated heterocycles. The molecule has 3 rings (SSSR count). The summed E-state index contributed by atoms with van der Waals surface area (Å²) in [6.45, 7) is 3.14. The number of rotatable bonds is 6. The number of hydrogen-bond acceptors (Lipinski definition) is 7. The zero-order valence-electron chi connectivity index (χ0n) is 12.7. The van der Waals surface area contributed by atoms with Crippen molar-refractivity contribution >= 4 is 38.9 Å². The van der Waals surface area contributed by atoms with Gasteiger partial charge in [0.2, 0.25) is 0 Å². The molecule has 2 aromatic heterocycles. The van der Waals surface area contributed by atoms with Gasteiger partial charge in [0, 0.05) is 47.1 Å². The summed E-state index contributed by atoms with van der Waals surface area (Å²) >= 11 is 3.33. The number of nitrogens with zero attached hydrogens (tertiary/aromatic N) is 5. The molecule has 0 aliphatic heterocycles. The van der Waals surface area contributed by atoms with E-state index in [9.17, 15) is 10.1 Å². The Morgan fingerprint density at radius 3 is 2.83 bits per heavy atom. The van der Waals surface area contributed by atoms with Crippen LogP contribution in [0.3, 0.4) is 0 Å². The predicted octanol–water partition coefficient (Wildman–Crippen LogP) is 2.63. The zero-order chi connectivity index (χ0) is 17.1. The number of non-ortho nitro benzene ring substituents is 1. The molecular formula is C14H14BrN7O2. The minimum Gasteiger partial charge on any atom is -0.382 e.